The van der Waals surface area contributed by atoms with Crippen molar-refractivity contribution in [3.63, 3.8) is 0 Å². The molecule has 17 heavy (non-hydrogen) atoms. The van der Waals surface area contributed by atoms with Crippen LogP contribution in [0.25, 0.3) is 0 Å². The first-order chi connectivity index (χ1) is 7.95. The number of rotatable bonds is 4. The third-order valence-corrected chi connectivity index (χ3v) is 2.03. The average Bonchev–Trinajstić information content (AvgIpc) is 2.25. The summed E-state index contributed by atoms with van der Waals surface area (Å²) >= 11 is 0. The molecule has 0 aromatic heterocycles. The lowest BCUT2D eigenvalue weighted by Gasteiger charge is -2.13. The minimum atomic E-state index is -1.65. The fourth-order valence-corrected chi connectivity index (χ4v) is 1.26. The van der Waals surface area contributed by atoms with E-state index in [1.807, 2.05) is 0 Å². The van der Waals surface area contributed by atoms with Crippen LogP contribution in [0.3, 0.4) is 0 Å². The molecule has 1 unspecified atom stereocenters. The Hall–Kier alpha value is -2.31. The van der Waals surface area contributed by atoms with Crippen LogP contribution in [0.2, 0.25) is 0 Å². The van der Waals surface area contributed by atoms with Crippen LogP contribution in [0.15, 0.2) is 18.2 Å². The molecule has 1 aromatic rings. The molecule has 0 fully saturated rings. The predicted molar refractivity (Wildman–Crippen MR) is 54.5 cm³/mol. The summed E-state index contributed by atoms with van der Waals surface area (Å²) < 4.78 is 18.3. The van der Waals surface area contributed by atoms with Crippen molar-refractivity contribution in [2.24, 2.45) is 0 Å². The minimum absolute atomic E-state index is 0.214. The SMILES string of the molecule is COc1ccc(C(NC(=O)O)C(=O)O)c(F)c1. The van der Waals surface area contributed by atoms with Gasteiger partial charge in [-0.3, -0.25) is 0 Å². The van der Waals surface area contributed by atoms with Crippen LogP contribution in [0.5, 0.6) is 5.75 Å². The zero-order chi connectivity index (χ0) is 13.0. The predicted octanol–water partition coefficient (Wildman–Crippen LogP) is 1.23. The van der Waals surface area contributed by atoms with E-state index in [-0.39, 0.29) is 11.3 Å². The lowest BCUT2D eigenvalue weighted by atomic mass is 10.1. The zero-order valence-electron chi connectivity index (χ0n) is 8.81. The number of methoxy groups -OCH3 is 1. The summed E-state index contributed by atoms with van der Waals surface area (Å²) in [5.74, 6) is -2.13. The number of carboxylic acid groups (broad SMARTS) is 2. The van der Waals surface area contributed by atoms with Gasteiger partial charge in [-0.25, -0.2) is 14.0 Å². The molecule has 6 nitrogen and oxygen atoms in total. The zero-order valence-corrected chi connectivity index (χ0v) is 8.81. The number of ether oxygens (including phenoxy) is 1. The highest BCUT2D eigenvalue weighted by Crippen LogP contribution is 2.22. The summed E-state index contributed by atoms with van der Waals surface area (Å²) in [6.07, 6.45) is -1.55. The molecular weight excluding hydrogens is 233 g/mol. The fraction of sp³-hybridized carbons (Fsp3) is 0.200. The molecule has 0 aliphatic carbocycles. The molecule has 92 valence electrons. The third-order valence-electron chi connectivity index (χ3n) is 2.03. The van der Waals surface area contributed by atoms with Crippen molar-refractivity contribution in [1.29, 1.82) is 0 Å². The highest BCUT2D eigenvalue weighted by molar-refractivity contribution is 5.80. The third kappa shape index (κ3) is 3.07. The first-order valence-corrected chi connectivity index (χ1v) is 4.51. The fourth-order valence-electron chi connectivity index (χ4n) is 1.26. The monoisotopic (exact) mass is 243 g/mol. The summed E-state index contributed by atoms with van der Waals surface area (Å²) in [5.41, 5.74) is -0.277. The number of hydrogen-bond donors (Lipinski definition) is 3. The first-order valence-electron chi connectivity index (χ1n) is 4.51. The molecule has 0 spiro atoms. The topological polar surface area (TPSA) is 95.9 Å². The van der Waals surface area contributed by atoms with Crippen molar-refractivity contribution in [3.05, 3.63) is 29.6 Å². The van der Waals surface area contributed by atoms with Gasteiger partial charge >= 0.3 is 12.1 Å². The van der Waals surface area contributed by atoms with Crippen LogP contribution >= 0.6 is 0 Å². The van der Waals surface area contributed by atoms with E-state index >= 15 is 0 Å². The van der Waals surface area contributed by atoms with Gasteiger partial charge in [-0.2, -0.15) is 0 Å². The number of halogens is 1. The Balaban J connectivity index is 3.10. The Bertz CT molecular complexity index is 448. The molecule has 1 atom stereocenters. The molecular formula is C10H10FNO5. The molecule has 0 bridgehead atoms. The van der Waals surface area contributed by atoms with Crippen LogP contribution in [-0.4, -0.2) is 29.4 Å². The van der Waals surface area contributed by atoms with Crippen molar-refractivity contribution < 1.29 is 28.9 Å². The van der Waals surface area contributed by atoms with Crippen LogP contribution in [0.1, 0.15) is 11.6 Å². The van der Waals surface area contributed by atoms with Crippen molar-refractivity contribution in [3.8, 4) is 5.75 Å². The summed E-state index contributed by atoms with van der Waals surface area (Å²) in [6, 6.07) is 1.83. The Labute approximate surface area is 95.6 Å². The first kappa shape index (κ1) is 12.8. The molecule has 1 amide bonds. The van der Waals surface area contributed by atoms with Gasteiger partial charge in [0, 0.05) is 11.6 Å². The van der Waals surface area contributed by atoms with Crippen molar-refractivity contribution in [2.45, 2.75) is 6.04 Å². The number of carbonyl (C=O) groups is 2. The second kappa shape index (κ2) is 5.15. The van der Waals surface area contributed by atoms with Crippen LogP contribution in [0, 0.1) is 5.82 Å². The minimum Gasteiger partial charge on any atom is -0.497 e. The maximum atomic E-state index is 13.5. The average molecular weight is 243 g/mol. The Morgan fingerprint density at radius 3 is 2.47 bits per heavy atom. The maximum Gasteiger partial charge on any atom is 0.405 e. The van der Waals surface area contributed by atoms with E-state index in [2.05, 4.69) is 0 Å². The number of amides is 1. The van der Waals surface area contributed by atoms with Crippen molar-refractivity contribution in [2.75, 3.05) is 7.11 Å². The Morgan fingerprint density at radius 1 is 1.41 bits per heavy atom. The molecule has 1 rings (SSSR count). The van der Waals surface area contributed by atoms with Gasteiger partial charge in [0.2, 0.25) is 0 Å². The van der Waals surface area contributed by atoms with E-state index in [4.69, 9.17) is 14.9 Å². The van der Waals surface area contributed by atoms with E-state index in [0.29, 0.717) is 0 Å². The van der Waals surface area contributed by atoms with E-state index in [0.717, 1.165) is 12.1 Å². The normalized spacial score (nSPS) is 11.6. The molecule has 0 heterocycles. The lowest BCUT2D eigenvalue weighted by molar-refractivity contribution is -0.139. The second-order valence-electron chi connectivity index (χ2n) is 3.11. The van der Waals surface area contributed by atoms with Gasteiger partial charge in [0.1, 0.15) is 11.6 Å². The molecule has 3 N–H and O–H groups in total. The Morgan fingerprint density at radius 2 is 2.06 bits per heavy atom. The molecule has 0 aliphatic heterocycles. The second-order valence-corrected chi connectivity index (χ2v) is 3.11. The molecule has 7 heteroatoms. The lowest BCUT2D eigenvalue weighted by Crippen LogP contribution is -2.33. The van der Waals surface area contributed by atoms with Crippen LogP contribution in [0.4, 0.5) is 9.18 Å². The molecule has 0 saturated heterocycles. The maximum absolute atomic E-state index is 13.5. The van der Waals surface area contributed by atoms with Crippen LogP contribution in [-0.2, 0) is 4.79 Å². The Kier molecular flexibility index (Phi) is 3.86. The number of hydrogen-bond acceptors (Lipinski definition) is 3. The standard InChI is InChI=1S/C10H10FNO5/c1-17-5-2-3-6(7(11)4-5)8(9(13)14)12-10(15)16/h2-4,8,12H,1H3,(H,13,14)(H,15,16). The van der Waals surface area contributed by atoms with Crippen molar-refractivity contribution in [1.82, 2.24) is 5.32 Å². The highest BCUT2D eigenvalue weighted by Gasteiger charge is 2.25. The quantitative estimate of drug-likeness (QED) is 0.739. The van der Waals surface area contributed by atoms with Gasteiger partial charge in [-0.05, 0) is 12.1 Å². The molecule has 0 radical (unpaired) electrons. The van der Waals surface area contributed by atoms with Gasteiger partial charge < -0.3 is 20.3 Å². The van der Waals surface area contributed by atoms with E-state index in [1.54, 1.807) is 5.32 Å². The largest absolute Gasteiger partial charge is 0.497 e. The van der Waals surface area contributed by atoms with Gasteiger partial charge in [0.15, 0.2) is 6.04 Å². The van der Waals surface area contributed by atoms with Crippen LogP contribution < -0.4 is 10.1 Å². The summed E-state index contributed by atoms with van der Waals surface area (Å²) in [4.78, 5) is 21.2. The van der Waals surface area contributed by atoms with Gasteiger partial charge in [0.05, 0.1) is 7.11 Å². The number of aliphatic carboxylic acids is 1. The number of nitrogens with one attached hydrogen (secondary N) is 1. The van der Waals surface area contributed by atoms with E-state index < -0.39 is 23.9 Å². The smallest absolute Gasteiger partial charge is 0.405 e. The van der Waals surface area contributed by atoms with Gasteiger partial charge in [-0.1, -0.05) is 0 Å². The summed E-state index contributed by atoms with van der Waals surface area (Å²) in [6.45, 7) is 0. The van der Waals surface area contributed by atoms with Gasteiger partial charge in [-0.15, -0.1) is 0 Å². The van der Waals surface area contributed by atoms with E-state index in [9.17, 15) is 14.0 Å². The summed E-state index contributed by atoms with van der Waals surface area (Å²) in [7, 11) is 1.33. The molecule has 1 aromatic carbocycles. The van der Waals surface area contributed by atoms with Gasteiger partial charge in [0.25, 0.3) is 0 Å². The molecule has 0 aliphatic rings. The van der Waals surface area contributed by atoms with Crippen molar-refractivity contribution >= 4 is 12.1 Å². The number of benzene rings is 1. The van der Waals surface area contributed by atoms with E-state index in [1.165, 1.54) is 13.2 Å². The highest BCUT2D eigenvalue weighted by atomic mass is 19.1. The number of carboxylic acids is 1. The summed E-state index contributed by atoms with van der Waals surface area (Å²) in [5, 5.41) is 19.0. The molecule has 0 saturated carbocycles.